The fourth-order valence-corrected chi connectivity index (χ4v) is 3.27. The molecule has 2 rings (SSSR count). The Hall–Kier alpha value is -0.980. The third-order valence-electron chi connectivity index (χ3n) is 4.36. The lowest BCUT2D eigenvalue weighted by atomic mass is 9.69. The lowest BCUT2D eigenvalue weighted by Crippen LogP contribution is -2.39. The van der Waals surface area contributed by atoms with Gasteiger partial charge in [-0.25, -0.2) is 0 Å². The largest absolute Gasteiger partial charge is 0.382 e. The minimum absolute atomic E-state index is 0.404. The van der Waals surface area contributed by atoms with Gasteiger partial charge in [-0.2, -0.15) is 0 Å². The normalized spacial score (nSPS) is 24.9. The van der Waals surface area contributed by atoms with Gasteiger partial charge in [0.05, 0.1) is 0 Å². The highest BCUT2D eigenvalue weighted by molar-refractivity contribution is 5.51. The van der Waals surface area contributed by atoms with Gasteiger partial charge in [-0.3, -0.25) is 0 Å². The third-order valence-corrected chi connectivity index (χ3v) is 4.36. The Morgan fingerprint density at radius 2 is 1.72 bits per heavy atom. The second-order valence-corrected chi connectivity index (χ2v) is 6.82. The minimum atomic E-state index is 0.404. The molecule has 1 aromatic carbocycles. The van der Waals surface area contributed by atoms with Crippen molar-refractivity contribution in [3.05, 3.63) is 29.8 Å². The van der Waals surface area contributed by atoms with Gasteiger partial charge in [0.2, 0.25) is 0 Å². The van der Waals surface area contributed by atoms with Crippen LogP contribution in [0.4, 0.5) is 5.69 Å². The van der Waals surface area contributed by atoms with E-state index < -0.39 is 0 Å². The van der Waals surface area contributed by atoms with Crippen LogP contribution in [0.15, 0.2) is 24.3 Å². The summed E-state index contributed by atoms with van der Waals surface area (Å²) < 4.78 is 0. The van der Waals surface area contributed by atoms with E-state index in [1.165, 1.54) is 36.9 Å². The summed E-state index contributed by atoms with van der Waals surface area (Å²) in [7, 11) is 0. The van der Waals surface area contributed by atoms with E-state index in [1.807, 2.05) is 0 Å². The van der Waals surface area contributed by atoms with Crippen LogP contribution in [0.3, 0.4) is 0 Å². The second-order valence-electron chi connectivity index (χ2n) is 6.82. The van der Waals surface area contributed by atoms with Crippen LogP contribution in [0.5, 0.6) is 0 Å². The fourth-order valence-electron chi connectivity index (χ4n) is 3.27. The Morgan fingerprint density at radius 1 is 1.06 bits per heavy atom. The number of benzene rings is 1. The first-order valence-corrected chi connectivity index (χ1v) is 7.30. The third kappa shape index (κ3) is 3.07. The van der Waals surface area contributed by atoms with Crippen LogP contribution in [0.25, 0.3) is 0 Å². The molecule has 0 bridgehead atoms. The van der Waals surface area contributed by atoms with E-state index in [1.54, 1.807) is 0 Å². The molecule has 1 nitrogen and oxygen atoms in total. The van der Waals surface area contributed by atoms with E-state index in [9.17, 15) is 0 Å². The van der Waals surface area contributed by atoms with Crippen LogP contribution < -0.4 is 5.32 Å². The monoisotopic (exact) mass is 245 g/mol. The van der Waals surface area contributed by atoms with E-state index >= 15 is 0 Å². The highest BCUT2D eigenvalue weighted by Gasteiger charge is 2.34. The van der Waals surface area contributed by atoms with Crippen molar-refractivity contribution < 1.29 is 0 Å². The Bertz CT molecular complexity index is 389. The van der Waals surface area contributed by atoms with Crippen molar-refractivity contribution in [1.82, 2.24) is 0 Å². The summed E-state index contributed by atoms with van der Waals surface area (Å²) in [5, 5.41) is 3.81. The molecule has 1 aliphatic carbocycles. The van der Waals surface area contributed by atoms with Crippen LogP contribution in [0, 0.1) is 18.3 Å². The molecule has 100 valence electrons. The Balaban J connectivity index is 2.13. The SMILES string of the molecule is Cc1ccccc1NC1CCCCC1C(C)(C)C. The van der Waals surface area contributed by atoms with Crippen LogP contribution in [0.1, 0.15) is 52.0 Å². The molecule has 0 saturated heterocycles. The average molecular weight is 245 g/mol. The summed E-state index contributed by atoms with van der Waals surface area (Å²) in [6, 6.07) is 9.29. The molecule has 0 radical (unpaired) electrons. The molecule has 0 amide bonds. The van der Waals surface area contributed by atoms with Crippen molar-refractivity contribution in [3.63, 3.8) is 0 Å². The first-order valence-electron chi connectivity index (χ1n) is 7.30. The van der Waals surface area contributed by atoms with Crippen molar-refractivity contribution in [2.45, 2.75) is 59.4 Å². The maximum Gasteiger partial charge on any atom is 0.0372 e. The van der Waals surface area contributed by atoms with E-state index in [4.69, 9.17) is 0 Å². The summed E-state index contributed by atoms with van der Waals surface area (Å²) in [6.45, 7) is 9.35. The smallest absolute Gasteiger partial charge is 0.0372 e. The highest BCUT2D eigenvalue weighted by Crippen LogP contribution is 2.39. The molecule has 2 atom stereocenters. The minimum Gasteiger partial charge on any atom is -0.382 e. The number of anilines is 1. The molecule has 2 unspecified atom stereocenters. The molecule has 1 saturated carbocycles. The molecule has 0 spiro atoms. The summed E-state index contributed by atoms with van der Waals surface area (Å²) in [6.07, 6.45) is 5.45. The molecule has 0 heterocycles. The number of rotatable bonds is 2. The number of aryl methyl sites for hydroxylation is 1. The number of nitrogens with one attached hydrogen (secondary N) is 1. The summed E-state index contributed by atoms with van der Waals surface area (Å²) in [5.74, 6) is 0.783. The number of hydrogen-bond acceptors (Lipinski definition) is 1. The van der Waals surface area contributed by atoms with Gasteiger partial charge in [-0.1, -0.05) is 51.8 Å². The fraction of sp³-hybridized carbons (Fsp3) is 0.647. The quantitative estimate of drug-likeness (QED) is 0.772. The Labute approximate surface area is 112 Å². The summed E-state index contributed by atoms with van der Waals surface area (Å²) >= 11 is 0. The van der Waals surface area contributed by atoms with Crippen molar-refractivity contribution in [2.24, 2.45) is 11.3 Å². The topological polar surface area (TPSA) is 12.0 Å². The Kier molecular flexibility index (Phi) is 3.99. The maximum atomic E-state index is 3.81. The lowest BCUT2D eigenvalue weighted by Gasteiger charge is -2.41. The molecule has 1 fully saturated rings. The zero-order chi connectivity index (χ0) is 13.2. The molecule has 1 heteroatoms. The molecule has 1 aliphatic rings. The zero-order valence-corrected chi connectivity index (χ0v) is 12.3. The highest BCUT2D eigenvalue weighted by atomic mass is 14.9. The first-order chi connectivity index (χ1) is 8.48. The van der Waals surface area contributed by atoms with Crippen molar-refractivity contribution in [3.8, 4) is 0 Å². The number of hydrogen-bond donors (Lipinski definition) is 1. The second kappa shape index (κ2) is 5.34. The van der Waals surface area contributed by atoms with Crippen LogP contribution in [0.2, 0.25) is 0 Å². The molecule has 0 aromatic heterocycles. The predicted octanol–water partition coefficient (Wildman–Crippen LogP) is 5.01. The molecular formula is C17H27N. The van der Waals surface area contributed by atoms with Crippen molar-refractivity contribution >= 4 is 5.69 Å². The molecular weight excluding hydrogens is 218 g/mol. The first kappa shape index (κ1) is 13.5. The van der Waals surface area contributed by atoms with E-state index in [2.05, 4.69) is 57.3 Å². The van der Waals surface area contributed by atoms with Gasteiger partial charge in [0.1, 0.15) is 0 Å². The van der Waals surface area contributed by atoms with Crippen molar-refractivity contribution in [2.75, 3.05) is 5.32 Å². The van der Waals surface area contributed by atoms with Gasteiger partial charge in [-0.05, 0) is 42.7 Å². The standard InChI is InChI=1S/C17H27N/c1-13-9-5-7-11-15(13)18-16-12-8-6-10-14(16)17(2,3)4/h5,7,9,11,14,16,18H,6,8,10,12H2,1-4H3. The van der Waals surface area contributed by atoms with E-state index in [-0.39, 0.29) is 0 Å². The zero-order valence-electron chi connectivity index (χ0n) is 12.3. The number of para-hydroxylation sites is 1. The average Bonchev–Trinajstić information content (AvgIpc) is 2.31. The van der Waals surface area contributed by atoms with Crippen LogP contribution >= 0.6 is 0 Å². The summed E-state index contributed by atoms with van der Waals surface area (Å²) in [4.78, 5) is 0. The molecule has 0 aliphatic heterocycles. The van der Waals surface area contributed by atoms with Gasteiger partial charge in [0, 0.05) is 11.7 Å². The maximum absolute atomic E-state index is 3.81. The summed E-state index contributed by atoms with van der Waals surface area (Å²) in [5.41, 5.74) is 3.08. The van der Waals surface area contributed by atoms with E-state index in [0.29, 0.717) is 11.5 Å². The van der Waals surface area contributed by atoms with Crippen LogP contribution in [-0.2, 0) is 0 Å². The van der Waals surface area contributed by atoms with Gasteiger partial charge < -0.3 is 5.32 Å². The van der Waals surface area contributed by atoms with E-state index in [0.717, 1.165) is 5.92 Å². The molecule has 1 aromatic rings. The van der Waals surface area contributed by atoms with Gasteiger partial charge in [0.15, 0.2) is 0 Å². The molecule has 1 N–H and O–H groups in total. The van der Waals surface area contributed by atoms with Gasteiger partial charge >= 0.3 is 0 Å². The molecule has 18 heavy (non-hydrogen) atoms. The van der Waals surface area contributed by atoms with Gasteiger partial charge in [0.25, 0.3) is 0 Å². The Morgan fingerprint density at radius 3 is 2.39 bits per heavy atom. The predicted molar refractivity (Wildman–Crippen MR) is 80.0 cm³/mol. The van der Waals surface area contributed by atoms with Crippen molar-refractivity contribution in [1.29, 1.82) is 0 Å². The van der Waals surface area contributed by atoms with Gasteiger partial charge in [-0.15, -0.1) is 0 Å². The van der Waals surface area contributed by atoms with Crippen LogP contribution in [-0.4, -0.2) is 6.04 Å². The lowest BCUT2D eigenvalue weighted by molar-refractivity contribution is 0.163.